The van der Waals surface area contributed by atoms with Gasteiger partial charge in [-0.3, -0.25) is 0 Å². The quantitative estimate of drug-likeness (QED) is 0.725. The second kappa shape index (κ2) is 4.28. The summed E-state index contributed by atoms with van der Waals surface area (Å²) in [4.78, 5) is 0. The molecule has 13 heavy (non-hydrogen) atoms. The predicted molar refractivity (Wildman–Crippen MR) is 42.4 cm³/mol. The molecule has 0 aliphatic carbocycles. The maximum atomic E-state index is 12.4. The molecule has 1 aliphatic rings. The van der Waals surface area contributed by atoms with Crippen LogP contribution >= 0.6 is 0 Å². The van der Waals surface area contributed by atoms with E-state index in [0.29, 0.717) is 13.0 Å². The highest BCUT2D eigenvalue weighted by Crippen LogP contribution is 2.30. The van der Waals surface area contributed by atoms with Gasteiger partial charge in [0.2, 0.25) is 0 Å². The molecular weight excluding hydrogens is 183 g/mol. The molecule has 0 bridgehead atoms. The largest absolute Gasteiger partial charge is 0.414 e. The molecule has 0 amide bonds. The van der Waals surface area contributed by atoms with Crippen molar-refractivity contribution in [3.8, 4) is 0 Å². The van der Waals surface area contributed by atoms with Crippen LogP contribution in [0.5, 0.6) is 0 Å². The van der Waals surface area contributed by atoms with Crippen LogP contribution in [0, 0.1) is 5.92 Å². The van der Waals surface area contributed by atoms with E-state index < -0.39 is 18.2 Å². The van der Waals surface area contributed by atoms with Gasteiger partial charge in [-0.25, -0.2) is 0 Å². The lowest BCUT2D eigenvalue weighted by Crippen LogP contribution is -2.45. The van der Waals surface area contributed by atoms with Crippen LogP contribution in [0.2, 0.25) is 0 Å². The lowest BCUT2D eigenvalue weighted by molar-refractivity contribution is -0.229. The number of ether oxygens (including phenoxy) is 1. The molecule has 1 N–H and O–H groups in total. The normalized spacial score (nSPS) is 27.2. The second-order valence-electron chi connectivity index (χ2n) is 3.30. The van der Waals surface area contributed by atoms with Crippen LogP contribution in [0.4, 0.5) is 13.2 Å². The number of hydrogen-bond acceptors (Lipinski definition) is 2. The first-order valence-electron chi connectivity index (χ1n) is 4.36. The van der Waals surface area contributed by atoms with E-state index in [4.69, 9.17) is 0 Å². The topological polar surface area (TPSA) is 21.3 Å². The molecule has 5 heteroatoms. The maximum Gasteiger partial charge on any atom is 0.414 e. The van der Waals surface area contributed by atoms with E-state index in [9.17, 15) is 13.2 Å². The van der Waals surface area contributed by atoms with E-state index in [0.717, 1.165) is 20.1 Å². The van der Waals surface area contributed by atoms with Crippen LogP contribution in [0.25, 0.3) is 0 Å². The van der Waals surface area contributed by atoms with Crippen molar-refractivity contribution in [2.45, 2.75) is 25.1 Å². The summed E-state index contributed by atoms with van der Waals surface area (Å²) >= 11 is 0. The first kappa shape index (κ1) is 10.8. The van der Waals surface area contributed by atoms with Crippen molar-refractivity contribution < 1.29 is 17.9 Å². The molecule has 0 aromatic heterocycles. The minimum atomic E-state index is -4.24. The number of methoxy groups -OCH3 is 1. The Kier molecular flexibility index (Phi) is 3.55. The molecule has 0 aromatic rings. The van der Waals surface area contributed by atoms with Crippen molar-refractivity contribution in [2.24, 2.45) is 5.92 Å². The van der Waals surface area contributed by atoms with Crippen LogP contribution in [0.3, 0.4) is 0 Å². The number of hydrogen-bond donors (Lipinski definition) is 1. The van der Waals surface area contributed by atoms with Crippen LogP contribution in [0.15, 0.2) is 0 Å². The van der Waals surface area contributed by atoms with E-state index >= 15 is 0 Å². The van der Waals surface area contributed by atoms with Gasteiger partial charge in [-0.05, 0) is 19.4 Å². The highest BCUT2D eigenvalue weighted by Gasteiger charge is 2.45. The molecule has 1 saturated heterocycles. The summed E-state index contributed by atoms with van der Waals surface area (Å²) in [5.74, 6) is -0.432. The minimum absolute atomic E-state index is 0.401. The van der Waals surface area contributed by atoms with Crippen molar-refractivity contribution in [2.75, 3.05) is 20.2 Å². The molecule has 1 aliphatic heterocycles. The number of piperidine rings is 1. The molecule has 2 nitrogen and oxygen atoms in total. The Labute approximate surface area is 75.4 Å². The van der Waals surface area contributed by atoms with Gasteiger partial charge in [-0.15, -0.1) is 0 Å². The molecule has 0 saturated carbocycles. The summed E-state index contributed by atoms with van der Waals surface area (Å²) < 4.78 is 41.5. The van der Waals surface area contributed by atoms with Crippen LogP contribution in [0.1, 0.15) is 12.8 Å². The summed E-state index contributed by atoms with van der Waals surface area (Å²) in [6.45, 7) is 1.21. The van der Waals surface area contributed by atoms with Gasteiger partial charge in [0, 0.05) is 19.6 Å². The van der Waals surface area contributed by atoms with Gasteiger partial charge in [-0.2, -0.15) is 13.2 Å². The summed E-state index contributed by atoms with van der Waals surface area (Å²) in [7, 11) is 1.12. The zero-order valence-electron chi connectivity index (χ0n) is 7.53. The Hall–Kier alpha value is -0.290. The lowest BCUT2D eigenvalue weighted by Gasteiger charge is -2.30. The van der Waals surface area contributed by atoms with Gasteiger partial charge in [0.25, 0.3) is 0 Å². The van der Waals surface area contributed by atoms with Gasteiger partial charge in [0.05, 0.1) is 0 Å². The van der Waals surface area contributed by atoms with Crippen LogP contribution in [-0.4, -0.2) is 32.5 Å². The van der Waals surface area contributed by atoms with E-state index in [2.05, 4.69) is 10.1 Å². The molecule has 1 rings (SSSR count). The summed E-state index contributed by atoms with van der Waals surface area (Å²) in [5.41, 5.74) is 0. The molecule has 78 valence electrons. The fourth-order valence-corrected chi connectivity index (χ4v) is 1.73. The maximum absolute atomic E-state index is 12.4. The predicted octanol–water partition coefficient (Wildman–Crippen LogP) is 1.56. The average Bonchev–Trinajstić information content (AvgIpc) is 2.05. The van der Waals surface area contributed by atoms with Crippen LogP contribution < -0.4 is 5.32 Å². The highest BCUT2D eigenvalue weighted by molar-refractivity contribution is 4.81. The third-order valence-corrected chi connectivity index (χ3v) is 2.34. The van der Waals surface area contributed by atoms with Crippen molar-refractivity contribution in [1.29, 1.82) is 0 Å². The van der Waals surface area contributed by atoms with E-state index in [1.165, 1.54) is 0 Å². The van der Waals surface area contributed by atoms with E-state index in [1.54, 1.807) is 0 Å². The number of nitrogens with one attached hydrogen (secondary N) is 1. The van der Waals surface area contributed by atoms with Gasteiger partial charge in [-0.1, -0.05) is 0 Å². The SMILES string of the molecule is COC(C1CCCNC1)C(F)(F)F. The smallest absolute Gasteiger partial charge is 0.372 e. The fourth-order valence-electron chi connectivity index (χ4n) is 1.73. The third-order valence-electron chi connectivity index (χ3n) is 2.34. The van der Waals surface area contributed by atoms with Gasteiger partial charge in [0.15, 0.2) is 6.10 Å². The average molecular weight is 197 g/mol. The number of halogens is 3. The standard InChI is InChI=1S/C8H14F3NO/c1-13-7(8(9,10)11)6-3-2-4-12-5-6/h6-7,12H,2-5H2,1H3. The van der Waals surface area contributed by atoms with Gasteiger partial charge < -0.3 is 10.1 Å². The van der Waals surface area contributed by atoms with Crippen LogP contribution in [-0.2, 0) is 4.74 Å². The number of rotatable bonds is 2. The molecule has 2 atom stereocenters. The van der Waals surface area contributed by atoms with E-state index in [-0.39, 0.29) is 0 Å². The van der Waals surface area contributed by atoms with Crippen molar-refractivity contribution in [3.63, 3.8) is 0 Å². The molecule has 2 unspecified atom stereocenters. The van der Waals surface area contributed by atoms with Crippen molar-refractivity contribution in [3.05, 3.63) is 0 Å². The first-order chi connectivity index (χ1) is 6.05. The Morgan fingerprint density at radius 1 is 1.46 bits per heavy atom. The second-order valence-corrected chi connectivity index (χ2v) is 3.30. The molecule has 1 fully saturated rings. The lowest BCUT2D eigenvalue weighted by atomic mass is 9.93. The molecule has 0 radical (unpaired) electrons. The summed E-state index contributed by atoms with van der Waals surface area (Å²) in [6.07, 6.45) is -4.47. The Bertz CT molecular complexity index is 154. The Balaban J connectivity index is 2.54. The Morgan fingerprint density at radius 3 is 2.54 bits per heavy atom. The first-order valence-corrected chi connectivity index (χ1v) is 4.36. The fraction of sp³-hybridized carbons (Fsp3) is 1.00. The van der Waals surface area contributed by atoms with E-state index in [1.807, 2.05) is 0 Å². The monoisotopic (exact) mass is 197 g/mol. The highest BCUT2D eigenvalue weighted by atomic mass is 19.4. The minimum Gasteiger partial charge on any atom is -0.372 e. The number of alkyl halides is 3. The van der Waals surface area contributed by atoms with Crippen molar-refractivity contribution in [1.82, 2.24) is 5.32 Å². The zero-order chi connectivity index (χ0) is 9.90. The van der Waals surface area contributed by atoms with Crippen molar-refractivity contribution >= 4 is 0 Å². The zero-order valence-corrected chi connectivity index (χ0v) is 7.53. The van der Waals surface area contributed by atoms with Gasteiger partial charge >= 0.3 is 6.18 Å². The summed E-state index contributed by atoms with van der Waals surface area (Å²) in [6, 6.07) is 0. The molecule has 0 spiro atoms. The summed E-state index contributed by atoms with van der Waals surface area (Å²) in [5, 5.41) is 2.94. The van der Waals surface area contributed by atoms with Gasteiger partial charge in [0.1, 0.15) is 0 Å². The molecule has 1 heterocycles. The Morgan fingerprint density at radius 2 is 2.15 bits per heavy atom. The third kappa shape index (κ3) is 2.84. The molecule has 0 aromatic carbocycles. The molecular formula is C8H14F3NO.